The van der Waals surface area contributed by atoms with Gasteiger partial charge in [-0.05, 0) is 18.8 Å². The molecule has 0 fully saturated rings. The zero-order chi connectivity index (χ0) is 9.78. The smallest absolute Gasteiger partial charge is 0.232 e. The van der Waals surface area contributed by atoms with Gasteiger partial charge in [0, 0.05) is 6.42 Å². The summed E-state index contributed by atoms with van der Waals surface area (Å²) in [5, 5.41) is 8.31. The van der Waals surface area contributed by atoms with Crippen molar-refractivity contribution in [1.29, 1.82) is 5.26 Å². The van der Waals surface area contributed by atoms with Gasteiger partial charge in [-0.25, -0.2) is 0 Å². The van der Waals surface area contributed by atoms with Crippen molar-refractivity contribution in [2.24, 2.45) is 5.41 Å². The minimum atomic E-state index is -0.346. The fourth-order valence-corrected chi connectivity index (χ4v) is 1.35. The lowest BCUT2D eigenvalue weighted by atomic mass is 9.82. The van der Waals surface area contributed by atoms with E-state index in [4.69, 9.17) is 5.26 Å². The van der Waals surface area contributed by atoms with Gasteiger partial charge in [0.15, 0.2) is 0 Å². The van der Waals surface area contributed by atoms with Crippen molar-refractivity contribution in [3.63, 3.8) is 0 Å². The molecule has 2 nitrogen and oxygen atoms in total. The highest BCUT2D eigenvalue weighted by Crippen LogP contribution is 2.28. The fraction of sp³-hybridized carbons (Fsp3) is 0.600. The van der Waals surface area contributed by atoms with E-state index < -0.39 is 0 Å². The average Bonchev–Trinajstić information content (AvgIpc) is 1.83. The third-order valence-electron chi connectivity index (χ3n) is 1.54. The number of rotatable bonds is 4. The van der Waals surface area contributed by atoms with Gasteiger partial charge in [-0.1, -0.05) is 19.4 Å². The molecule has 0 aliphatic rings. The molecule has 0 radical (unpaired) electrons. The van der Waals surface area contributed by atoms with Crippen LogP contribution >= 0.6 is 0 Å². The Kier molecular flexibility index (Phi) is 3.69. The van der Waals surface area contributed by atoms with Crippen LogP contribution in [-0.4, -0.2) is 5.78 Å². The molecule has 0 aromatic carbocycles. The predicted molar refractivity (Wildman–Crippen MR) is 48.4 cm³/mol. The Bertz CT molecular complexity index is 233. The van der Waals surface area contributed by atoms with Crippen LogP contribution in [0.25, 0.3) is 0 Å². The SMILES string of the molecule is C=C(C)CC(C)(C)CC(=O)C#N. The Morgan fingerprint density at radius 2 is 2.00 bits per heavy atom. The number of allylic oxidation sites excluding steroid dienone is 1. The Labute approximate surface area is 73.9 Å². The van der Waals surface area contributed by atoms with Crippen molar-refractivity contribution in [1.82, 2.24) is 0 Å². The number of carbonyl (C=O) groups is 1. The molecule has 66 valence electrons. The number of Topliss-reactive ketones (excluding diaryl/α,β-unsaturated/α-hetero) is 1. The topological polar surface area (TPSA) is 40.9 Å². The second-order valence-electron chi connectivity index (χ2n) is 4.01. The highest BCUT2D eigenvalue weighted by Gasteiger charge is 2.21. The molecule has 0 spiro atoms. The number of nitrogens with zero attached hydrogens (tertiary/aromatic N) is 1. The molecule has 0 aromatic heterocycles. The Balaban J connectivity index is 4.14. The van der Waals surface area contributed by atoms with Crippen LogP contribution in [0.2, 0.25) is 0 Å². The molecule has 0 aliphatic carbocycles. The van der Waals surface area contributed by atoms with Crippen LogP contribution in [0.15, 0.2) is 12.2 Å². The predicted octanol–water partition coefficient (Wildman–Crippen LogP) is 2.46. The largest absolute Gasteiger partial charge is 0.283 e. The van der Waals surface area contributed by atoms with E-state index in [1.165, 1.54) is 0 Å². The summed E-state index contributed by atoms with van der Waals surface area (Å²) in [6.45, 7) is 9.65. The standard InChI is InChI=1S/C10H15NO/c1-8(2)5-10(3,4)6-9(12)7-11/h1,5-6H2,2-4H3. The molecule has 12 heavy (non-hydrogen) atoms. The summed E-state index contributed by atoms with van der Waals surface area (Å²) in [6, 6.07) is 1.63. The number of hydrogen-bond acceptors (Lipinski definition) is 2. The minimum absolute atomic E-state index is 0.126. The first-order valence-electron chi connectivity index (χ1n) is 3.95. The summed E-state index contributed by atoms with van der Waals surface area (Å²) < 4.78 is 0. The van der Waals surface area contributed by atoms with Crippen LogP contribution in [0, 0.1) is 16.7 Å². The lowest BCUT2D eigenvalue weighted by molar-refractivity contribution is -0.115. The summed E-state index contributed by atoms with van der Waals surface area (Å²) in [6.07, 6.45) is 1.11. The Hall–Kier alpha value is -1.10. The lowest BCUT2D eigenvalue weighted by Crippen LogP contribution is -2.16. The molecule has 0 unspecified atom stereocenters. The molecular formula is C10H15NO. The molecule has 0 rings (SSSR count). The first-order valence-corrected chi connectivity index (χ1v) is 3.95. The van der Waals surface area contributed by atoms with Crippen LogP contribution in [-0.2, 0) is 4.79 Å². The highest BCUT2D eigenvalue weighted by molar-refractivity contribution is 5.93. The highest BCUT2D eigenvalue weighted by atomic mass is 16.1. The number of ketones is 1. The van der Waals surface area contributed by atoms with Gasteiger partial charge in [-0.2, -0.15) is 5.26 Å². The molecule has 0 amide bonds. The van der Waals surface area contributed by atoms with E-state index in [0.717, 1.165) is 12.0 Å². The van der Waals surface area contributed by atoms with Crippen molar-refractivity contribution in [3.05, 3.63) is 12.2 Å². The molecule has 2 heteroatoms. The second kappa shape index (κ2) is 4.06. The van der Waals surface area contributed by atoms with Gasteiger partial charge in [0.1, 0.15) is 6.07 Å². The van der Waals surface area contributed by atoms with Crippen molar-refractivity contribution in [3.8, 4) is 6.07 Å². The lowest BCUT2D eigenvalue weighted by Gasteiger charge is -2.22. The van der Waals surface area contributed by atoms with Gasteiger partial charge in [0.05, 0.1) is 0 Å². The molecule has 0 bridgehead atoms. The normalized spacial score (nSPS) is 10.5. The van der Waals surface area contributed by atoms with E-state index in [1.807, 2.05) is 20.8 Å². The summed E-state index contributed by atoms with van der Waals surface area (Å²) in [4.78, 5) is 10.8. The Morgan fingerprint density at radius 3 is 2.33 bits per heavy atom. The zero-order valence-electron chi connectivity index (χ0n) is 7.98. The molecule has 0 saturated carbocycles. The van der Waals surface area contributed by atoms with Crippen molar-refractivity contribution >= 4 is 5.78 Å². The van der Waals surface area contributed by atoms with Crippen LogP contribution in [0.5, 0.6) is 0 Å². The minimum Gasteiger partial charge on any atom is -0.283 e. The van der Waals surface area contributed by atoms with E-state index >= 15 is 0 Å². The van der Waals surface area contributed by atoms with Crippen LogP contribution < -0.4 is 0 Å². The van der Waals surface area contributed by atoms with E-state index in [0.29, 0.717) is 6.42 Å². The third-order valence-corrected chi connectivity index (χ3v) is 1.54. The molecular weight excluding hydrogens is 150 g/mol. The van der Waals surface area contributed by atoms with Gasteiger partial charge in [-0.3, -0.25) is 4.79 Å². The number of hydrogen-bond donors (Lipinski definition) is 0. The van der Waals surface area contributed by atoms with E-state index in [1.54, 1.807) is 6.07 Å². The first kappa shape index (κ1) is 10.9. The monoisotopic (exact) mass is 165 g/mol. The van der Waals surface area contributed by atoms with Crippen molar-refractivity contribution in [2.45, 2.75) is 33.6 Å². The quantitative estimate of drug-likeness (QED) is 0.474. The Morgan fingerprint density at radius 1 is 1.50 bits per heavy atom. The number of carbonyl (C=O) groups excluding carboxylic acids is 1. The van der Waals surface area contributed by atoms with E-state index in [2.05, 4.69) is 6.58 Å². The fourth-order valence-electron chi connectivity index (χ4n) is 1.35. The van der Waals surface area contributed by atoms with E-state index in [-0.39, 0.29) is 11.2 Å². The van der Waals surface area contributed by atoms with Gasteiger partial charge in [0.2, 0.25) is 5.78 Å². The van der Waals surface area contributed by atoms with Crippen LogP contribution in [0.1, 0.15) is 33.6 Å². The molecule has 0 N–H and O–H groups in total. The van der Waals surface area contributed by atoms with Crippen LogP contribution in [0.3, 0.4) is 0 Å². The van der Waals surface area contributed by atoms with Gasteiger partial charge in [-0.15, -0.1) is 6.58 Å². The zero-order valence-corrected chi connectivity index (χ0v) is 7.98. The maximum atomic E-state index is 10.8. The molecule has 0 atom stereocenters. The van der Waals surface area contributed by atoms with Gasteiger partial charge < -0.3 is 0 Å². The van der Waals surface area contributed by atoms with Gasteiger partial charge >= 0.3 is 0 Å². The average molecular weight is 165 g/mol. The number of nitriles is 1. The summed E-state index contributed by atoms with van der Waals surface area (Å²) in [5.41, 5.74) is 0.921. The molecule has 0 saturated heterocycles. The third kappa shape index (κ3) is 4.68. The first-order chi connectivity index (χ1) is 5.37. The maximum absolute atomic E-state index is 10.8. The molecule has 0 heterocycles. The summed E-state index contributed by atoms with van der Waals surface area (Å²) in [5.74, 6) is -0.346. The summed E-state index contributed by atoms with van der Waals surface area (Å²) >= 11 is 0. The maximum Gasteiger partial charge on any atom is 0.232 e. The summed E-state index contributed by atoms with van der Waals surface area (Å²) in [7, 11) is 0. The molecule has 0 aromatic rings. The van der Waals surface area contributed by atoms with Crippen molar-refractivity contribution < 1.29 is 4.79 Å². The van der Waals surface area contributed by atoms with E-state index in [9.17, 15) is 4.79 Å². The van der Waals surface area contributed by atoms with Crippen molar-refractivity contribution in [2.75, 3.05) is 0 Å². The van der Waals surface area contributed by atoms with Gasteiger partial charge in [0.25, 0.3) is 0 Å². The molecule has 0 aliphatic heterocycles. The van der Waals surface area contributed by atoms with Crippen LogP contribution in [0.4, 0.5) is 0 Å². The second-order valence-corrected chi connectivity index (χ2v) is 4.01.